The van der Waals surface area contributed by atoms with Gasteiger partial charge < -0.3 is 58.2 Å². The molecule has 26 nitrogen and oxygen atoms in total. The van der Waals surface area contributed by atoms with Crippen molar-refractivity contribution in [1.29, 1.82) is 0 Å². The highest BCUT2D eigenvalue weighted by Crippen LogP contribution is 2.39. The van der Waals surface area contributed by atoms with E-state index in [-0.39, 0.29) is 5.25 Å². The minimum absolute atomic E-state index is 0.274. The Morgan fingerprint density at radius 2 is 0.917 bits per heavy atom. The summed E-state index contributed by atoms with van der Waals surface area (Å²) in [5.41, 5.74) is 16.1. The van der Waals surface area contributed by atoms with Crippen molar-refractivity contribution >= 4 is 77.1 Å². The first kappa shape index (κ1) is 76.6. The molecular formula is C81H98N18O8S. The van der Waals surface area contributed by atoms with Crippen LogP contribution in [-0.2, 0) is 16.9 Å². The van der Waals surface area contributed by atoms with Gasteiger partial charge in [-0.05, 0) is 133 Å². The molecule has 2 aliphatic heterocycles. The molecule has 2 saturated heterocycles. The predicted molar refractivity (Wildman–Crippen MR) is 427 cm³/mol. The van der Waals surface area contributed by atoms with Gasteiger partial charge in [-0.25, -0.2) is 23.4 Å². The quantitative estimate of drug-likeness (QED) is 0.0441. The smallest absolute Gasteiger partial charge is 0.151 e. The van der Waals surface area contributed by atoms with Gasteiger partial charge in [-0.15, -0.1) is 0 Å². The van der Waals surface area contributed by atoms with Crippen LogP contribution in [0.2, 0.25) is 0 Å². The number of sulfone groups is 1. The Morgan fingerprint density at radius 3 is 1.30 bits per heavy atom. The van der Waals surface area contributed by atoms with Crippen LogP contribution in [0.5, 0.6) is 34.5 Å². The van der Waals surface area contributed by atoms with Crippen molar-refractivity contribution in [2.45, 2.75) is 77.1 Å². The summed E-state index contributed by atoms with van der Waals surface area (Å²) in [4.78, 5) is 40.1. The lowest BCUT2D eigenvalue weighted by atomic mass is 10.1. The summed E-state index contributed by atoms with van der Waals surface area (Å²) in [6.45, 7) is 17.4. The molecule has 12 aromatic rings. The highest BCUT2D eigenvalue weighted by Gasteiger charge is 2.30. The second-order valence-corrected chi connectivity index (χ2v) is 29.9. The number of methoxy groups -OCH3 is 6. The van der Waals surface area contributed by atoms with Gasteiger partial charge in [0, 0.05) is 182 Å². The molecule has 0 spiro atoms. The van der Waals surface area contributed by atoms with E-state index in [0.717, 1.165) is 176 Å². The maximum atomic E-state index is 12.0. The van der Waals surface area contributed by atoms with Gasteiger partial charge in [0.05, 0.1) is 135 Å². The average Bonchev–Trinajstić information content (AvgIpc) is 1.49. The van der Waals surface area contributed by atoms with Gasteiger partial charge in [0.15, 0.2) is 9.84 Å². The van der Waals surface area contributed by atoms with Crippen molar-refractivity contribution in [3.8, 4) is 68.3 Å². The van der Waals surface area contributed by atoms with E-state index >= 15 is 0 Å². The highest BCUT2D eigenvalue weighted by molar-refractivity contribution is 7.91. The molecular weight excluding hydrogens is 1390 g/mol. The van der Waals surface area contributed by atoms with Gasteiger partial charge in [0.1, 0.15) is 34.5 Å². The molecule has 2 N–H and O–H groups in total. The number of hydrogen-bond donors (Lipinski definition) is 2. The zero-order valence-electron chi connectivity index (χ0n) is 63.8. The van der Waals surface area contributed by atoms with Crippen LogP contribution in [0.4, 0.5) is 34.1 Å². The fourth-order valence-electron chi connectivity index (χ4n) is 13.4. The molecule has 566 valence electrons. The number of nitrogens with one attached hydrogen (secondary N) is 2. The summed E-state index contributed by atoms with van der Waals surface area (Å²) in [5.74, 6) is 4.41. The maximum Gasteiger partial charge on any atom is 0.151 e. The predicted octanol–water partition coefficient (Wildman–Crippen LogP) is 13.6. The summed E-state index contributed by atoms with van der Waals surface area (Å²) >= 11 is 0. The molecule has 6 aromatic heterocycles. The standard InChI is InChI=1S/C29H36N6O2.C28H34N6O4S.C24H28N6O2/c1-21(2)35-20-22(18-31-35)29-19-30-27-9-8-23(16-28(27)32-29)34(13-7-12-33-10-5-6-11-33)24-14-25(36-3)17-26(15-24)37-4;1-32-18-20(16-30-32)28-17-29-26-7-6-21(14-27(26)31-28)34(22-12-23(37-2)15-24(13-22)38-3)10-5-9-33-11-8-25(19-33)39(4,35)36;1-16(2)25-7-8-30(19-9-20(31-3)12-21(10-19)32-4)18-5-6-22-23(11-18)29-24(15-26-22)17-13-27-28-14-17/h8-9,14-21H,5-7,10-13H2,1-4H3;6-7,12-18,25H,5,8-11,19H2,1-4H3;5-6,9-16,25H,7-8H2,1-4H3,(H,27,28). The number of H-pyrrole nitrogens is 1. The normalized spacial score (nSPS) is 13.9. The molecule has 108 heavy (non-hydrogen) atoms. The Hall–Kier alpha value is -11.0. The van der Waals surface area contributed by atoms with Crippen molar-refractivity contribution in [2.24, 2.45) is 7.05 Å². The first-order chi connectivity index (χ1) is 52.3. The van der Waals surface area contributed by atoms with Crippen molar-refractivity contribution in [3.05, 3.63) is 165 Å². The third-order valence-corrected chi connectivity index (χ3v) is 20.9. The van der Waals surface area contributed by atoms with Crippen molar-refractivity contribution in [2.75, 3.05) is 129 Å². The van der Waals surface area contributed by atoms with E-state index in [0.29, 0.717) is 43.1 Å². The third-order valence-electron chi connectivity index (χ3n) is 19.3. The minimum Gasteiger partial charge on any atom is -0.497 e. The van der Waals surface area contributed by atoms with E-state index < -0.39 is 9.84 Å². The van der Waals surface area contributed by atoms with Gasteiger partial charge >= 0.3 is 0 Å². The second-order valence-electron chi connectivity index (χ2n) is 27.6. The minimum atomic E-state index is -3.02. The van der Waals surface area contributed by atoms with Crippen LogP contribution in [0.15, 0.2) is 165 Å². The molecule has 27 heteroatoms. The van der Waals surface area contributed by atoms with E-state index in [2.05, 4.69) is 129 Å². The van der Waals surface area contributed by atoms with Gasteiger partial charge in [0.2, 0.25) is 0 Å². The maximum absolute atomic E-state index is 12.0. The number of rotatable bonds is 29. The fourth-order valence-corrected chi connectivity index (χ4v) is 14.4. The van der Waals surface area contributed by atoms with Gasteiger partial charge in [0.25, 0.3) is 0 Å². The Morgan fingerprint density at radius 1 is 0.491 bits per heavy atom. The lowest BCUT2D eigenvalue weighted by Crippen LogP contribution is -2.32. The van der Waals surface area contributed by atoms with Gasteiger partial charge in [-0.1, -0.05) is 13.8 Å². The summed E-state index contributed by atoms with van der Waals surface area (Å²) in [5, 5.41) is 18.8. The molecule has 2 aliphatic rings. The van der Waals surface area contributed by atoms with E-state index in [1.165, 1.54) is 32.2 Å². The van der Waals surface area contributed by atoms with Crippen LogP contribution in [-0.4, -0.2) is 204 Å². The number of likely N-dealkylation sites (tertiary alicyclic amines) is 2. The van der Waals surface area contributed by atoms with E-state index in [4.69, 9.17) is 43.4 Å². The number of anilines is 6. The first-order valence-electron chi connectivity index (χ1n) is 36.6. The van der Waals surface area contributed by atoms with Crippen LogP contribution >= 0.6 is 0 Å². The average molecular weight is 1480 g/mol. The first-order valence-corrected chi connectivity index (χ1v) is 38.5. The number of fused-ring (bicyclic) bond motifs is 3. The van der Waals surface area contributed by atoms with Crippen molar-refractivity contribution in [3.63, 3.8) is 0 Å². The number of aromatic nitrogens is 12. The number of nitrogens with zero attached hydrogens (tertiary/aromatic N) is 16. The lowest BCUT2D eigenvalue weighted by Gasteiger charge is -2.27. The largest absolute Gasteiger partial charge is 0.497 e. The SMILES string of the molecule is COc1cc(OC)cc(N(CCCN2CCC(S(C)(=O)=O)C2)c2ccc3ncc(-c4cnn(C)c4)nc3c2)c1.COc1cc(OC)cc(N(CCCN2CCCC2)c2ccc3ncc(-c4cnn(C(C)C)c4)nc3c2)c1.COc1cc(OC)cc(N(CCNC(C)C)c2ccc3ncc(-c4cn[nH]c4)nc3c2)c1. The van der Waals surface area contributed by atoms with Crippen LogP contribution in [0.25, 0.3) is 66.9 Å². The second kappa shape index (κ2) is 35.6. The molecule has 14 rings (SSSR count). The molecule has 2 fully saturated rings. The fraction of sp³-hybridized carbons (Fsp3) is 0.370. The van der Waals surface area contributed by atoms with Crippen molar-refractivity contribution < 1.29 is 36.8 Å². The zero-order valence-corrected chi connectivity index (χ0v) is 64.6. The van der Waals surface area contributed by atoms with Crippen LogP contribution in [0.1, 0.15) is 65.8 Å². The van der Waals surface area contributed by atoms with Gasteiger partial charge in [-0.2, -0.15) is 15.3 Å². The Balaban J connectivity index is 0.000000152. The number of ether oxygens (including phenoxy) is 6. The van der Waals surface area contributed by atoms with E-state index in [1.54, 1.807) is 72.1 Å². The summed E-state index contributed by atoms with van der Waals surface area (Å²) in [6, 6.07) is 36.9. The number of aromatic amines is 1. The number of hydrogen-bond acceptors (Lipinski definition) is 23. The summed E-state index contributed by atoms with van der Waals surface area (Å²) < 4.78 is 60.9. The molecule has 0 bridgehead atoms. The number of benzene rings is 6. The Bertz CT molecular complexity index is 5020. The van der Waals surface area contributed by atoms with Gasteiger partial charge in [-0.3, -0.25) is 29.4 Å². The summed E-state index contributed by atoms with van der Waals surface area (Å²) in [7, 11) is 8.82. The molecule has 6 aromatic carbocycles. The molecule has 0 radical (unpaired) electrons. The topological polar surface area (TPSA) is 259 Å². The zero-order chi connectivity index (χ0) is 75.8. The Kier molecular flexibility index (Phi) is 25.3. The third kappa shape index (κ3) is 19.4. The molecule has 1 atom stereocenters. The van der Waals surface area contributed by atoms with E-state index in [9.17, 15) is 8.42 Å². The molecule has 0 amide bonds. The summed E-state index contributed by atoms with van der Waals surface area (Å²) in [6.07, 6.45) is 23.0. The van der Waals surface area contributed by atoms with Crippen molar-refractivity contribution in [1.82, 2.24) is 74.8 Å². The molecule has 0 saturated carbocycles. The molecule has 8 heterocycles. The van der Waals surface area contributed by atoms with Crippen LogP contribution < -0.4 is 48.4 Å². The molecule has 0 aliphatic carbocycles. The monoisotopic (exact) mass is 1480 g/mol. The number of aryl methyl sites for hydroxylation is 1. The van der Waals surface area contributed by atoms with Crippen LogP contribution in [0.3, 0.4) is 0 Å². The van der Waals surface area contributed by atoms with Crippen LogP contribution in [0, 0.1) is 0 Å². The van der Waals surface area contributed by atoms with E-state index in [1.807, 2.05) is 116 Å². The Labute approximate surface area is 631 Å². The molecule has 1 unspecified atom stereocenters. The highest BCUT2D eigenvalue weighted by atomic mass is 32.2. The lowest BCUT2D eigenvalue weighted by molar-refractivity contribution is 0.336.